The first-order valence-corrected chi connectivity index (χ1v) is 7.37. The molecule has 2 saturated heterocycles. The van der Waals surface area contributed by atoms with Gasteiger partial charge in [0.2, 0.25) is 11.8 Å². The first kappa shape index (κ1) is 14.3. The van der Waals surface area contributed by atoms with Crippen molar-refractivity contribution in [2.45, 2.75) is 39.2 Å². The van der Waals surface area contributed by atoms with Gasteiger partial charge in [0, 0.05) is 25.7 Å². The lowest BCUT2D eigenvalue weighted by atomic mass is 10.1. The molecule has 2 heterocycles. The lowest BCUT2D eigenvalue weighted by Gasteiger charge is -2.20. The van der Waals surface area contributed by atoms with E-state index in [4.69, 9.17) is 0 Å². The number of hydrogen-bond acceptors (Lipinski definition) is 3. The van der Waals surface area contributed by atoms with Gasteiger partial charge in [-0.25, -0.2) is 0 Å². The van der Waals surface area contributed by atoms with Crippen LogP contribution in [0.4, 0.5) is 0 Å². The minimum Gasteiger partial charge on any atom is -0.353 e. The Morgan fingerprint density at radius 2 is 1.89 bits per heavy atom. The fraction of sp³-hybridized carbons (Fsp3) is 0.857. The molecule has 5 nitrogen and oxygen atoms in total. The van der Waals surface area contributed by atoms with E-state index in [1.807, 2.05) is 18.7 Å². The molecular weight excluding hydrogens is 242 g/mol. The maximum atomic E-state index is 12.3. The summed E-state index contributed by atoms with van der Waals surface area (Å²) in [6, 6.07) is 0.178. The third kappa shape index (κ3) is 3.93. The molecule has 0 spiro atoms. The lowest BCUT2D eigenvalue weighted by molar-refractivity contribution is -0.134. The Bertz CT molecular complexity index is 338. The van der Waals surface area contributed by atoms with Gasteiger partial charge in [0.1, 0.15) is 0 Å². The highest BCUT2D eigenvalue weighted by atomic mass is 16.2. The zero-order valence-corrected chi connectivity index (χ0v) is 12.0. The van der Waals surface area contributed by atoms with Crippen molar-refractivity contribution in [3.63, 3.8) is 0 Å². The second-order valence-electron chi connectivity index (χ2n) is 5.98. The molecule has 2 amide bonds. The van der Waals surface area contributed by atoms with Crippen LogP contribution < -0.4 is 5.32 Å². The highest BCUT2D eigenvalue weighted by Gasteiger charge is 2.32. The second-order valence-corrected chi connectivity index (χ2v) is 5.98. The molecule has 108 valence electrons. The monoisotopic (exact) mass is 267 g/mol. The van der Waals surface area contributed by atoms with Crippen LogP contribution in [0, 0.1) is 5.92 Å². The van der Waals surface area contributed by atoms with Crippen LogP contribution in [0.5, 0.6) is 0 Å². The predicted octanol–water partition coefficient (Wildman–Crippen LogP) is 0.455. The molecule has 0 saturated carbocycles. The van der Waals surface area contributed by atoms with Crippen LogP contribution in [0.2, 0.25) is 0 Å². The first-order valence-electron chi connectivity index (χ1n) is 7.37. The summed E-state index contributed by atoms with van der Waals surface area (Å²) in [5.41, 5.74) is 0. The van der Waals surface area contributed by atoms with Crippen molar-refractivity contribution in [2.24, 2.45) is 5.92 Å². The van der Waals surface area contributed by atoms with Crippen LogP contribution in [0.3, 0.4) is 0 Å². The van der Waals surface area contributed by atoms with Gasteiger partial charge in [-0.15, -0.1) is 0 Å². The molecule has 0 aromatic heterocycles. The number of carbonyl (C=O) groups is 2. The van der Waals surface area contributed by atoms with Gasteiger partial charge in [0.25, 0.3) is 0 Å². The lowest BCUT2D eigenvalue weighted by Crippen LogP contribution is -2.40. The molecule has 5 heteroatoms. The average Bonchev–Trinajstić information content (AvgIpc) is 2.96. The fourth-order valence-corrected chi connectivity index (χ4v) is 2.94. The van der Waals surface area contributed by atoms with Gasteiger partial charge in [0.05, 0.1) is 12.5 Å². The highest BCUT2D eigenvalue weighted by Crippen LogP contribution is 2.20. The summed E-state index contributed by atoms with van der Waals surface area (Å²) in [6.07, 6.45) is 3.17. The molecule has 1 N–H and O–H groups in total. The highest BCUT2D eigenvalue weighted by molar-refractivity contribution is 5.80. The number of amides is 2. The number of carbonyl (C=O) groups excluding carboxylic acids is 2. The summed E-state index contributed by atoms with van der Waals surface area (Å²) >= 11 is 0. The Kier molecular flexibility index (Phi) is 4.80. The first-order chi connectivity index (χ1) is 9.06. The van der Waals surface area contributed by atoms with Gasteiger partial charge >= 0.3 is 0 Å². The maximum absolute atomic E-state index is 12.3. The standard InChI is InChI=1S/C14H25N3O2/c1-11(2)15-13(18)10-16-8-5-12(9-16)14(19)17-6-3-4-7-17/h11-12H,3-10H2,1-2H3,(H,15,18). The fourth-order valence-electron chi connectivity index (χ4n) is 2.94. The van der Waals surface area contributed by atoms with Gasteiger partial charge in [-0.2, -0.15) is 0 Å². The normalized spacial score (nSPS) is 24.2. The zero-order chi connectivity index (χ0) is 13.8. The summed E-state index contributed by atoms with van der Waals surface area (Å²) in [7, 11) is 0. The molecule has 1 unspecified atom stereocenters. The Labute approximate surface area is 115 Å². The van der Waals surface area contributed by atoms with E-state index in [0.29, 0.717) is 12.5 Å². The van der Waals surface area contributed by atoms with Crippen molar-refractivity contribution in [1.29, 1.82) is 0 Å². The number of likely N-dealkylation sites (tertiary alicyclic amines) is 2. The second kappa shape index (κ2) is 6.37. The molecule has 0 radical (unpaired) electrons. The van der Waals surface area contributed by atoms with Gasteiger partial charge in [-0.05, 0) is 39.7 Å². The van der Waals surface area contributed by atoms with Crippen LogP contribution >= 0.6 is 0 Å². The molecule has 2 rings (SSSR count). The van der Waals surface area contributed by atoms with Crippen molar-refractivity contribution in [1.82, 2.24) is 15.1 Å². The van der Waals surface area contributed by atoms with Crippen LogP contribution in [0.25, 0.3) is 0 Å². The molecule has 2 fully saturated rings. The summed E-state index contributed by atoms with van der Waals surface area (Å²) in [6.45, 7) is 7.77. The Morgan fingerprint density at radius 3 is 2.53 bits per heavy atom. The molecule has 0 aliphatic carbocycles. The van der Waals surface area contributed by atoms with Gasteiger partial charge < -0.3 is 10.2 Å². The van der Waals surface area contributed by atoms with E-state index < -0.39 is 0 Å². The summed E-state index contributed by atoms with van der Waals surface area (Å²) in [5, 5.41) is 2.89. The van der Waals surface area contributed by atoms with E-state index >= 15 is 0 Å². The largest absolute Gasteiger partial charge is 0.353 e. The van der Waals surface area contributed by atoms with Crippen molar-refractivity contribution in [3.8, 4) is 0 Å². The summed E-state index contributed by atoms with van der Waals surface area (Å²) in [5.74, 6) is 0.457. The zero-order valence-electron chi connectivity index (χ0n) is 12.0. The van der Waals surface area contributed by atoms with E-state index in [2.05, 4.69) is 10.2 Å². The molecule has 0 aromatic rings. The number of rotatable bonds is 4. The van der Waals surface area contributed by atoms with Gasteiger partial charge in [-0.3, -0.25) is 14.5 Å². The van der Waals surface area contributed by atoms with E-state index in [-0.39, 0.29) is 17.9 Å². The summed E-state index contributed by atoms with van der Waals surface area (Å²) < 4.78 is 0. The van der Waals surface area contributed by atoms with Crippen molar-refractivity contribution in [2.75, 3.05) is 32.7 Å². The molecule has 2 aliphatic rings. The molecule has 0 bridgehead atoms. The molecule has 0 aromatic carbocycles. The topological polar surface area (TPSA) is 52.7 Å². The Morgan fingerprint density at radius 1 is 1.21 bits per heavy atom. The van der Waals surface area contributed by atoms with Crippen LogP contribution in [0.15, 0.2) is 0 Å². The molecule has 1 atom stereocenters. The average molecular weight is 267 g/mol. The van der Waals surface area contributed by atoms with E-state index in [1.165, 1.54) is 0 Å². The van der Waals surface area contributed by atoms with E-state index in [9.17, 15) is 9.59 Å². The molecular formula is C14H25N3O2. The number of nitrogens with one attached hydrogen (secondary N) is 1. The quantitative estimate of drug-likeness (QED) is 0.805. The van der Waals surface area contributed by atoms with Gasteiger partial charge in [-0.1, -0.05) is 0 Å². The SMILES string of the molecule is CC(C)NC(=O)CN1CCC(C(=O)N2CCCC2)C1. The predicted molar refractivity (Wildman–Crippen MR) is 73.6 cm³/mol. The van der Waals surface area contributed by atoms with Gasteiger partial charge in [0.15, 0.2) is 0 Å². The molecule has 2 aliphatic heterocycles. The Hall–Kier alpha value is -1.10. The van der Waals surface area contributed by atoms with Crippen molar-refractivity contribution < 1.29 is 9.59 Å². The minimum atomic E-state index is 0.0595. The van der Waals surface area contributed by atoms with Crippen LogP contribution in [0.1, 0.15) is 33.1 Å². The maximum Gasteiger partial charge on any atom is 0.234 e. The summed E-state index contributed by atoms with van der Waals surface area (Å²) in [4.78, 5) is 28.0. The van der Waals surface area contributed by atoms with Crippen LogP contribution in [-0.2, 0) is 9.59 Å². The smallest absolute Gasteiger partial charge is 0.234 e. The molecule has 19 heavy (non-hydrogen) atoms. The minimum absolute atomic E-state index is 0.0595. The van der Waals surface area contributed by atoms with E-state index in [1.54, 1.807) is 0 Å². The van der Waals surface area contributed by atoms with Crippen molar-refractivity contribution >= 4 is 11.8 Å². The Balaban J connectivity index is 1.76. The third-order valence-electron chi connectivity index (χ3n) is 3.86. The van der Waals surface area contributed by atoms with E-state index in [0.717, 1.165) is 45.4 Å². The van der Waals surface area contributed by atoms with Crippen molar-refractivity contribution in [3.05, 3.63) is 0 Å². The number of hydrogen-bond donors (Lipinski definition) is 1. The third-order valence-corrected chi connectivity index (χ3v) is 3.86. The van der Waals surface area contributed by atoms with Crippen LogP contribution in [-0.4, -0.2) is 60.4 Å². The number of nitrogens with zero attached hydrogens (tertiary/aromatic N) is 2.